The summed E-state index contributed by atoms with van der Waals surface area (Å²) in [5, 5.41) is 47.7. The summed E-state index contributed by atoms with van der Waals surface area (Å²) in [6.45, 7) is 1.94. The first-order valence-electron chi connectivity index (χ1n) is 9.87. The number of carboxylic acid groups (broad SMARTS) is 2. The van der Waals surface area contributed by atoms with Crippen molar-refractivity contribution in [3.05, 3.63) is 23.8 Å². The van der Waals surface area contributed by atoms with Gasteiger partial charge >= 0.3 is 11.9 Å². The topological polar surface area (TPSA) is 214 Å². The van der Waals surface area contributed by atoms with Gasteiger partial charge in [-0.25, -0.2) is 9.59 Å². The number of aliphatic carboxylic acids is 2. The van der Waals surface area contributed by atoms with Crippen LogP contribution in [-0.2, 0) is 19.2 Å². The third-order valence-corrected chi connectivity index (χ3v) is 3.23. The van der Waals surface area contributed by atoms with Crippen molar-refractivity contribution < 1.29 is 49.8 Å². The number of unbranched alkanes of at least 4 members (excludes halogenated alkanes) is 2. The Kier molecular flexibility index (Phi) is 27.9. The van der Waals surface area contributed by atoms with Crippen LogP contribution in [0.15, 0.2) is 28.2 Å². The quantitative estimate of drug-likeness (QED) is 0.154. The summed E-state index contributed by atoms with van der Waals surface area (Å²) < 4.78 is 0. The molecule has 0 aliphatic carbocycles. The number of aryl methyl sites for hydroxylation is 1. The van der Waals surface area contributed by atoms with Gasteiger partial charge in [-0.3, -0.25) is 9.59 Å². The number of carboxylic acids is 2. The van der Waals surface area contributed by atoms with Crippen molar-refractivity contribution in [2.75, 3.05) is 26.4 Å². The number of carbonyl (C=O) groups is 2. The molecule has 33 heavy (non-hydrogen) atoms. The molecule has 0 saturated heterocycles. The third-order valence-electron chi connectivity index (χ3n) is 3.23. The Balaban J connectivity index is -0.000000399. The lowest BCUT2D eigenvalue weighted by Gasteiger charge is -1.97. The van der Waals surface area contributed by atoms with E-state index >= 15 is 0 Å². The van der Waals surface area contributed by atoms with Crippen LogP contribution in [0, 0.1) is 6.92 Å². The van der Waals surface area contributed by atoms with Crippen molar-refractivity contribution in [3.63, 3.8) is 0 Å². The molecular weight excluding hydrogens is 440 g/mol. The Morgan fingerprint density at radius 1 is 0.758 bits per heavy atom. The van der Waals surface area contributed by atoms with Gasteiger partial charge in [-0.15, -0.1) is 0 Å². The monoisotopic (exact) mass is 472 g/mol. The first-order valence-corrected chi connectivity index (χ1v) is 9.87. The Labute approximate surface area is 191 Å². The van der Waals surface area contributed by atoms with Gasteiger partial charge in [0.15, 0.2) is 0 Å². The van der Waals surface area contributed by atoms with Crippen LogP contribution in [-0.4, -0.2) is 81.2 Å². The van der Waals surface area contributed by atoms with Crippen molar-refractivity contribution in [3.8, 4) is 0 Å². The SMILES string of the molecule is Cc1ccc(N=C=O)cc1N=C=O.O=C(O)CCCCC(=O)O.OCCCCO.OCCO. The number of nitrogens with zero attached hydrogens (tertiary/aromatic N) is 2. The first-order chi connectivity index (χ1) is 15.7. The molecule has 12 nitrogen and oxygen atoms in total. The maximum Gasteiger partial charge on any atom is 0.303 e. The summed E-state index contributed by atoms with van der Waals surface area (Å²) >= 11 is 0. The van der Waals surface area contributed by atoms with Gasteiger partial charge in [-0.2, -0.15) is 9.98 Å². The van der Waals surface area contributed by atoms with Crippen LogP contribution >= 0.6 is 0 Å². The van der Waals surface area contributed by atoms with Gasteiger partial charge < -0.3 is 30.6 Å². The summed E-state index contributed by atoms with van der Waals surface area (Å²) in [5.41, 5.74) is 1.72. The number of aliphatic hydroxyl groups is 4. The number of aliphatic hydroxyl groups excluding tert-OH is 4. The van der Waals surface area contributed by atoms with Crippen molar-refractivity contribution >= 4 is 35.5 Å². The highest BCUT2D eigenvalue weighted by molar-refractivity contribution is 5.68. The zero-order valence-corrected chi connectivity index (χ0v) is 18.5. The minimum Gasteiger partial charge on any atom is -0.481 e. The molecule has 0 saturated carbocycles. The van der Waals surface area contributed by atoms with E-state index in [2.05, 4.69) is 9.98 Å². The van der Waals surface area contributed by atoms with Crippen LogP contribution < -0.4 is 0 Å². The van der Waals surface area contributed by atoms with Crippen LogP contribution in [0.3, 0.4) is 0 Å². The molecule has 0 spiro atoms. The van der Waals surface area contributed by atoms with Crippen molar-refractivity contribution in [1.29, 1.82) is 0 Å². The van der Waals surface area contributed by atoms with E-state index in [1.807, 2.05) is 0 Å². The molecule has 0 aromatic heterocycles. The fourth-order valence-corrected chi connectivity index (χ4v) is 1.67. The lowest BCUT2D eigenvalue weighted by molar-refractivity contribution is -0.139. The van der Waals surface area contributed by atoms with Gasteiger partial charge in [0.1, 0.15) is 0 Å². The molecule has 0 fully saturated rings. The predicted molar refractivity (Wildman–Crippen MR) is 118 cm³/mol. The standard InChI is InChI=1S/C9H6N2O2.C6H10O4.C4H10O2.C2H6O2/c1-7-2-3-8(10-5-12)4-9(7)11-6-13;7-5(8)3-1-2-4-6(9)10;5-3-1-2-4-6;3-1-2-4/h2-4H,1H3;1-4H2,(H,7,8)(H,9,10);5-6H,1-4H2;3-4H,1-2H2. The Morgan fingerprint density at radius 2 is 1.21 bits per heavy atom. The van der Waals surface area contributed by atoms with Crippen LogP contribution in [0.4, 0.5) is 11.4 Å². The molecule has 0 aliphatic heterocycles. The molecule has 1 aromatic rings. The molecule has 6 N–H and O–H groups in total. The van der Waals surface area contributed by atoms with Gasteiger partial charge in [0, 0.05) is 26.1 Å². The number of isocyanates is 2. The van der Waals surface area contributed by atoms with Crippen molar-refractivity contribution in [1.82, 2.24) is 0 Å². The van der Waals surface area contributed by atoms with E-state index in [1.54, 1.807) is 19.1 Å². The van der Waals surface area contributed by atoms with Gasteiger partial charge in [-0.1, -0.05) is 6.07 Å². The zero-order chi connectivity index (χ0) is 25.9. The van der Waals surface area contributed by atoms with Crippen LogP contribution in [0.5, 0.6) is 0 Å². The number of hydrogen-bond acceptors (Lipinski definition) is 10. The molecule has 12 heteroatoms. The number of benzene rings is 1. The highest BCUT2D eigenvalue weighted by Crippen LogP contribution is 2.23. The second kappa shape index (κ2) is 26.8. The largest absolute Gasteiger partial charge is 0.481 e. The number of carbonyl (C=O) groups excluding carboxylic acids is 2. The molecule has 0 unspecified atom stereocenters. The van der Waals surface area contributed by atoms with E-state index in [-0.39, 0.29) is 39.3 Å². The summed E-state index contributed by atoms with van der Waals surface area (Å²) in [4.78, 5) is 46.6. The molecule has 1 rings (SSSR count). The average molecular weight is 472 g/mol. The minimum absolute atomic E-state index is 0.0628. The number of hydrogen-bond donors (Lipinski definition) is 6. The summed E-state index contributed by atoms with van der Waals surface area (Å²) in [5.74, 6) is -1.74. The molecule has 0 radical (unpaired) electrons. The van der Waals surface area contributed by atoms with E-state index in [9.17, 15) is 19.2 Å². The molecule has 0 atom stereocenters. The highest BCUT2D eigenvalue weighted by Gasteiger charge is 1.99. The molecule has 1 aromatic carbocycles. The molecule has 0 amide bonds. The zero-order valence-electron chi connectivity index (χ0n) is 18.5. The maximum absolute atomic E-state index is 10.00. The van der Waals surface area contributed by atoms with E-state index in [0.29, 0.717) is 24.2 Å². The fourth-order valence-electron chi connectivity index (χ4n) is 1.67. The van der Waals surface area contributed by atoms with E-state index < -0.39 is 11.9 Å². The Morgan fingerprint density at radius 3 is 1.55 bits per heavy atom. The number of aliphatic imine (C=N–C) groups is 2. The maximum atomic E-state index is 10.00. The lowest BCUT2D eigenvalue weighted by atomic mass is 10.2. The smallest absolute Gasteiger partial charge is 0.303 e. The molecule has 0 heterocycles. The van der Waals surface area contributed by atoms with Gasteiger partial charge in [0.05, 0.1) is 24.6 Å². The second-order valence-corrected chi connectivity index (χ2v) is 5.97. The molecule has 186 valence electrons. The Bertz CT molecular complexity index is 721. The van der Waals surface area contributed by atoms with E-state index in [0.717, 1.165) is 18.4 Å². The molecule has 0 aliphatic rings. The average Bonchev–Trinajstić information content (AvgIpc) is 2.79. The highest BCUT2D eigenvalue weighted by atomic mass is 16.4. The molecular formula is C21H32N2O10. The van der Waals surface area contributed by atoms with E-state index in [1.165, 1.54) is 18.2 Å². The predicted octanol–water partition coefficient (Wildman–Crippen LogP) is 1.37. The fraction of sp³-hybridized carbons (Fsp3) is 0.524. The van der Waals surface area contributed by atoms with E-state index in [4.69, 9.17) is 30.6 Å². The Hall–Kier alpha value is -3.24. The lowest BCUT2D eigenvalue weighted by Crippen LogP contribution is -1.97. The van der Waals surface area contributed by atoms with Gasteiger partial charge in [-0.05, 0) is 50.3 Å². The van der Waals surface area contributed by atoms with Crippen LogP contribution in [0.2, 0.25) is 0 Å². The number of rotatable bonds is 11. The minimum atomic E-state index is -0.870. The van der Waals surface area contributed by atoms with Crippen LogP contribution in [0.1, 0.15) is 44.1 Å². The third kappa shape index (κ3) is 28.8. The van der Waals surface area contributed by atoms with Crippen LogP contribution in [0.25, 0.3) is 0 Å². The van der Waals surface area contributed by atoms with Gasteiger partial charge in [0.2, 0.25) is 12.2 Å². The summed E-state index contributed by atoms with van der Waals surface area (Å²) in [6.07, 6.45) is 5.29. The summed E-state index contributed by atoms with van der Waals surface area (Å²) in [6, 6.07) is 4.88. The van der Waals surface area contributed by atoms with Gasteiger partial charge in [0.25, 0.3) is 0 Å². The second-order valence-electron chi connectivity index (χ2n) is 5.97. The van der Waals surface area contributed by atoms with Crippen molar-refractivity contribution in [2.45, 2.75) is 45.4 Å². The summed E-state index contributed by atoms with van der Waals surface area (Å²) in [7, 11) is 0. The first kappa shape index (κ1) is 34.4. The van der Waals surface area contributed by atoms with Crippen molar-refractivity contribution in [2.24, 2.45) is 9.98 Å². The molecule has 0 bridgehead atoms. The normalized spacial score (nSPS) is 8.64.